The standard InChI is InChI=1S/C20H21N5O/c1-13-8-10-21-17(11-13)25-18(12-14(2)24-25)23-20(26)16-7-3-5-15-6-4-9-22-19(15)16/h4,6,8-12,16H,3,5,7H2,1-2H3,(H,23,26)/t16-/m1/s1. The second-order valence-electron chi connectivity index (χ2n) is 6.76. The van der Waals surface area contributed by atoms with Crippen molar-refractivity contribution < 1.29 is 4.79 Å². The van der Waals surface area contributed by atoms with Crippen LogP contribution in [0.1, 0.15) is 41.3 Å². The molecule has 0 saturated carbocycles. The smallest absolute Gasteiger partial charge is 0.234 e. The average molecular weight is 347 g/mol. The van der Waals surface area contributed by atoms with Gasteiger partial charge in [-0.05, 0) is 62.4 Å². The fourth-order valence-corrected chi connectivity index (χ4v) is 3.48. The van der Waals surface area contributed by atoms with E-state index in [0.29, 0.717) is 11.6 Å². The minimum absolute atomic E-state index is 0.0431. The van der Waals surface area contributed by atoms with E-state index >= 15 is 0 Å². The quantitative estimate of drug-likeness (QED) is 0.789. The molecule has 0 aromatic carbocycles. The lowest BCUT2D eigenvalue weighted by molar-refractivity contribution is -0.118. The molecule has 1 aliphatic carbocycles. The molecule has 0 radical (unpaired) electrons. The molecule has 0 fully saturated rings. The van der Waals surface area contributed by atoms with E-state index in [1.54, 1.807) is 17.1 Å². The summed E-state index contributed by atoms with van der Waals surface area (Å²) in [5.41, 5.74) is 3.98. The van der Waals surface area contributed by atoms with Gasteiger partial charge in [0.05, 0.1) is 17.3 Å². The topological polar surface area (TPSA) is 72.7 Å². The Morgan fingerprint density at radius 3 is 2.92 bits per heavy atom. The van der Waals surface area contributed by atoms with Gasteiger partial charge in [-0.15, -0.1) is 0 Å². The van der Waals surface area contributed by atoms with Gasteiger partial charge in [0.2, 0.25) is 5.91 Å². The monoisotopic (exact) mass is 347 g/mol. The molecular weight excluding hydrogens is 326 g/mol. The van der Waals surface area contributed by atoms with Crippen LogP contribution in [0.2, 0.25) is 0 Å². The van der Waals surface area contributed by atoms with E-state index in [1.165, 1.54) is 5.56 Å². The van der Waals surface area contributed by atoms with Crippen LogP contribution in [0, 0.1) is 13.8 Å². The van der Waals surface area contributed by atoms with E-state index in [1.807, 2.05) is 38.1 Å². The third kappa shape index (κ3) is 3.10. The normalized spacial score (nSPS) is 16.2. The van der Waals surface area contributed by atoms with Crippen molar-refractivity contribution in [1.82, 2.24) is 19.7 Å². The summed E-state index contributed by atoms with van der Waals surface area (Å²) in [7, 11) is 0. The van der Waals surface area contributed by atoms with Crippen LogP contribution in [-0.2, 0) is 11.2 Å². The molecule has 3 aromatic heterocycles. The first-order chi connectivity index (χ1) is 12.6. The van der Waals surface area contributed by atoms with Gasteiger partial charge in [-0.25, -0.2) is 4.98 Å². The van der Waals surface area contributed by atoms with Crippen LogP contribution in [0.15, 0.2) is 42.7 Å². The van der Waals surface area contributed by atoms with Gasteiger partial charge in [0.1, 0.15) is 5.82 Å². The number of anilines is 1. The van der Waals surface area contributed by atoms with Gasteiger partial charge in [0, 0.05) is 18.5 Å². The molecule has 1 aliphatic rings. The maximum Gasteiger partial charge on any atom is 0.234 e. The van der Waals surface area contributed by atoms with Crippen molar-refractivity contribution in [2.45, 2.75) is 39.0 Å². The summed E-state index contributed by atoms with van der Waals surface area (Å²) in [5, 5.41) is 7.53. The number of fused-ring (bicyclic) bond motifs is 1. The van der Waals surface area contributed by atoms with Crippen LogP contribution in [0.3, 0.4) is 0 Å². The molecule has 1 amide bonds. The lowest BCUT2D eigenvalue weighted by Crippen LogP contribution is -2.26. The summed E-state index contributed by atoms with van der Waals surface area (Å²) in [4.78, 5) is 21.8. The third-order valence-corrected chi connectivity index (χ3v) is 4.71. The minimum atomic E-state index is -0.228. The van der Waals surface area contributed by atoms with Gasteiger partial charge >= 0.3 is 0 Å². The average Bonchev–Trinajstić information content (AvgIpc) is 3.01. The van der Waals surface area contributed by atoms with Crippen molar-refractivity contribution in [1.29, 1.82) is 0 Å². The number of aryl methyl sites for hydroxylation is 3. The van der Waals surface area contributed by atoms with Crippen molar-refractivity contribution >= 4 is 11.7 Å². The highest BCUT2D eigenvalue weighted by Gasteiger charge is 2.28. The molecule has 132 valence electrons. The number of hydrogen-bond acceptors (Lipinski definition) is 4. The number of nitrogens with one attached hydrogen (secondary N) is 1. The van der Waals surface area contributed by atoms with E-state index in [9.17, 15) is 4.79 Å². The highest BCUT2D eigenvalue weighted by atomic mass is 16.2. The van der Waals surface area contributed by atoms with E-state index in [4.69, 9.17) is 0 Å². The molecule has 3 aromatic rings. The largest absolute Gasteiger partial charge is 0.310 e. The molecule has 0 bridgehead atoms. The zero-order chi connectivity index (χ0) is 18.1. The Labute approximate surface area is 152 Å². The molecule has 0 aliphatic heterocycles. The Morgan fingerprint density at radius 1 is 1.19 bits per heavy atom. The molecule has 0 unspecified atom stereocenters. The molecule has 1 N–H and O–H groups in total. The van der Waals surface area contributed by atoms with Gasteiger partial charge in [-0.1, -0.05) is 6.07 Å². The van der Waals surface area contributed by atoms with Gasteiger partial charge < -0.3 is 5.32 Å². The van der Waals surface area contributed by atoms with Crippen LogP contribution in [0.5, 0.6) is 0 Å². The van der Waals surface area contributed by atoms with E-state index < -0.39 is 0 Å². The molecule has 0 saturated heterocycles. The van der Waals surface area contributed by atoms with Crippen molar-refractivity contribution in [3.05, 3.63) is 65.2 Å². The highest BCUT2D eigenvalue weighted by Crippen LogP contribution is 2.31. The molecule has 4 rings (SSSR count). The van der Waals surface area contributed by atoms with Crippen LogP contribution in [-0.4, -0.2) is 25.7 Å². The second-order valence-corrected chi connectivity index (χ2v) is 6.76. The lowest BCUT2D eigenvalue weighted by atomic mass is 9.86. The molecule has 0 spiro atoms. The number of nitrogens with zero attached hydrogens (tertiary/aromatic N) is 4. The lowest BCUT2D eigenvalue weighted by Gasteiger charge is -2.23. The van der Waals surface area contributed by atoms with Crippen LogP contribution in [0.25, 0.3) is 5.82 Å². The molecule has 3 heterocycles. The number of carbonyl (C=O) groups excluding carboxylic acids is 1. The number of aromatic nitrogens is 4. The first kappa shape index (κ1) is 16.4. The Kier molecular flexibility index (Phi) is 4.24. The van der Waals surface area contributed by atoms with Gasteiger partial charge in [-0.3, -0.25) is 9.78 Å². The predicted molar refractivity (Wildman–Crippen MR) is 99.4 cm³/mol. The Bertz CT molecular complexity index is 962. The van der Waals surface area contributed by atoms with Crippen LogP contribution in [0.4, 0.5) is 5.82 Å². The number of hydrogen-bond donors (Lipinski definition) is 1. The number of carbonyl (C=O) groups is 1. The highest BCUT2D eigenvalue weighted by molar-refractivity contribution is 5.95. The van der Waals surface area contributed by atoms with Crippen LogP contribution >= 0.6 is 0 Å². The maximum atomic E-state index is 13.0. The number of amides is 1. The predicted octanol–water partition coefficient (Wildman–Crippen LogP) is 3.34. The van der Waals surface area contributed by atoms with Crippen molar-refractivity contribution in [2.24, 2.45) is 0 Å². The maximum absolute atomic E-state index is 13.0. The second kappa shape index (κ2) is 6.71. The fourth-order valence-electron chi connectivity index (χ4n) is 3.48. The zero-order valence-electron chi connectivity index (χ0n) is 14.9. The summed E-state index contributed by atoms with van der Waals surface area (Å²) >= 11 is 0. The fraction of sp³-hybridized carbons (Fsp3) is 0.300. The Morgan fingerprint density at radius 2 is 2.08 bits per heavy atom. The molecule has 6 heteroatoms. The van der Waals surface area contributed by atoms with E-state index in [0.717, 1.165) is 36.2 Å². The van der Waals surface area contributed by atoms with Crippen LogP contribution < -0.4 is 5.32 Å². The molecule has 26 heavy (non-hydrogen) atoms. The van der Waals surface area contributed by atoms with Gasteiger partial charge in [0.15, 0.2) is 5.82 Å². The summed E-state index contributed by atoms with van der Waals surface area (Å²) < 4.78 is 1.68. The molecule has 1 atom stereocenters. The van der Waals surface area contributed by atoms with Gasteiger partial charge in [-0.2, -0.15) is 9.78 Å². The first-order valence-electron chi connectivity index (χ1n) is 8.86. The summed E-state index contributed by atoms with van der Waals surface area (Å²) in [5.74, 6) is 1.05. The van der Waals surface area contributed by atoms with Crippen molar-refractivity contribution in [2.75, 3.05) is 5.32 Å². The van der Waals surface area contributed by atoms with Crippen molar-refractivity contribution in [3.8, 4) is 5.82 Å². The number of pyridine rings is 2. The molecule has 6 nitrogen and oxygen atoms in total. The first-order valence-corrected chi connectivity index (χ1v) is 8.86. The van der Waals surface area contributed by atoms with Gasteiger partial charge in [0.25, 0.3) is 0 Å². The van der Waals surface area contributed by atoms with E-state index in [-0.39, 0.29) is 11.8 Å². The minimum Gasteiger partial charge on any atom is -0.310 e. The summed E-state index contributed by atoms with van der Waals surface area (Å²) in [6, 6.07) is 9.74. The number of rotatable bonds is 3. The zero-order valence-corrected chi connectivity index (χ0v) is 14.9. The SMILES string of the molecule is Cc1ccnc(-n2nc(C)cc2NC(=O)[C@@H]2CCCc3cccnc32)c1. The third-order valence-electron chi connectivity index (χ3n) is 4.71. The summed E-state index contributed by atoms with van der Waals surface area (Å²) in [6.07, 6.45) is 6.29. The Balaban J connectivity index is 1.64. The molecular formula is C20H21N5O. The van der Waals surface area contributed by atoms with E-state index in [2.05, 4.69) is 26.4 Å². The Hall–Kier alpha value is -3.02. The van der Waals surface area contributed by atoms with Crippen molar-refractivity contribution in [3.63, 3.8) is 0 Å². The summed E-state index contributed by atoms with van der Waals surface area (Å²) in [6.45, 7) is 3.91.